The van der Waals surface area contributed by atoms with Gasteiger partial charge in [-0.2, -0.15) is 0 Å². The summed E-state index contributed by atoms with van der Waals surface area (Å²) in [6.45, 7) is 0. The summed E-state index contributed by atoms with van der Waals surface area (Å²) in [7, 11) is 0. The van der Waals surface area contributed by atoms with Crippen molar-refractivity contribution in [3.63, 3.8) is 0 Å². The van der Waals surface area contributed by atoms with E-state index in [-0.39, 0.29) is 0 Å². The first-order chi connectivity index (χ1) is 7.21. The van der Waals surface area contributed by atoms with Gasteiger partial charge in [0, 0.05) is 0 Å². The zero-order valence-electron chi connectivity index (χ0n) is 8.34. The van der Waals surface area contributed by atoms with Crippen molar-refractivity contribution in [3.05, 3.63) is 60.7 Å². The van der Waals surface area contributed by atoms with Crippen LogP contribution in [0.5, 0.6) is 0 Å². The Kier molecular flexibility index (Phi) is 2.89. The molecule has 15 heavy (non-hydrogen) atoms. The topological polar surface area (TPSA) is 52.0 Å². The van der Waals surface area contributed by atoms with Crippen LogP contribution in [0.25, 0.3) is 0 Å². The molecule has 0 saturated carbocycles. The van der Waals surface area contributed by atoms with Crippen molar-refractivity contribution in [1.82, 2.24) is 0 Å². The number of hydrogen-bond donors (Lipinski definition) is 2. The third kappa shape index (κ3) is 2.11. The average Bonchev–Trinajstić information content (AvgIpc) is 2.31. The summed E-state index contributed by atoms with van der Waals surface area (Å²) in [5.74, 6) is 0. The summed E-state index contributed by atoms with van der Waals surface area (Å²) in [5.41, 5.74) is 0. The second kappa shape index (κ2) is 4.17. The maximum absolute atomic E-state index is 6.29. The van der Waals surface area contributed by atoms with Crippen LogP contribution < -0.4 is 18.4 Å². The summed E-state index contributed by atoms with van der Waals surface area (Å²) in [6.07, 6.45) is 0. The fraction of sp³-hybridized carbons (Fsp3) is 0. The van der Waals surface area contributed by atoms with Gasteiger partial charge in [0.2, 0.25) is 0 Å². The first kappa shape index (κ1) is 10.4. The first-order valence-electron chi connectivity index (χ1n) is 4.70. The van der Waals surface area contributed by atoms with Gasteiger partial charge >= 0.3 is 92.4 Å². The molecule has 0 spiro atoms. The van der Waals surface area contributed by atoms with Crippen LogP contribution in [0.15, 0.2) is 60.7 Å². The molecule has 0 aliphatic rings. The molecule has 0 aliphatic carbocycles. The predicted molar refractivity (Wildman–Crippen MR) is 66.3 cm³/mol. The van der Waals surface area contributed by atoms with Crippen LogP contribution in [-0.4, -0.2) is 13.3 Å². The Bertz CT molecular complexity index is 384. The van der Waals surface area contributed by atoms with Gasteiger partial charge in [-0.3, -0.25) is 0 Å². The zero-order valence-corrected chi connectivity index (χ0v) is 10.0. The molecule has 4 N–H and O–H groups in total. The SMILES string of the molecule is N[Se](N)(c1ccccc1)c1ccccc1. The van der Waals surface area contributed by atoms with E-state index in [0.717, 1.165) is 8.92 Å². The molecular weight excluding hydrogens is 251 g/mol. The molecular formula is C12H14N2Se. The van der Waals surface area contributed by atoms with E-state index in [1.807, 2.05) is 60.7 Å². The van der Waals surface area contributed by atoms with Gasteiger partial charge in [-0.05, 0) is 0 Å². The van der Waals surface area contributed by atoms with E-state index in [9.17, 15) is 0 Å². The van der Waals surface area contributed by atoms with Crippen LogP contribution in [0.3, 0.4) is 0 Å². The van der Waals surface area contributed by atoms with Gasteiger partial charge in [0.25, 0.3) is 0 Å². The van der Waals surface area contributed by atoms with E-state index >= 15 is 0 Å². The van der Waals surface area contributed by atoms with Crippen molar-refractivity contribution in [2.45, 2.75) is 0 Å². The molecule has 0 atom stereocenters. The molecule has 3 heteroatoms. The Balaban J connectivity index is 2.44. The van der Waals surface area contributed by atoms with Gasteiger partial charge in [0.15, 0.2) is 0 Å². The van der Waals surface area contributed by atoms with Gasteiger partial charge in [-0.25, -0.2) is 0 Å². The fourth-order valence-electron chi connectivity index (χ4n) is 1.43. The third-order valence-corrected chi connectivity index (χ3v) is 6.68. The summed E-state index contributed by atoms with van der Waals surface area (Å²) in [6, 6.07) is 19.9. The summed E-state index contributed by atoms with van der Waals surface area (Å²) in [5, 5.41) is 0. The minimum atomic E-state index is -2.65. The number of benzene rings is 2. The standard InChI is InChI=1S/C12H14N2Se/c13-15(14,11-7-3-1-4-8-11)12-9-5-2-6-10-12/h1-10H,13-14H2. The molecule has 0 fully saturated rings. The molecule has 2 rings (SSSR count). The maximum atomic E-state index is 6.29. The summed E-state index contributed by atoms with van der Waals surface area (Å²) in [4.78, 5) is 0. The Morgan fingerprint density at radius 2 is 0.933 bits per heavy atom. The predicted octanol–water partition coefficient (Wildman–Crippen LogP) is 0.160. The van der Waals surface area contributed by atoms with Crippen LogP contribution >= 0.6 is 0 Å². The molecule has 0 unspecified atom stereocenters. The third-order valence-electron chi connectivity index (χ3n) is 2.27. The number of hydrogen-bond acceptors (Lipinski definition) is 2. The van der Waals surface area contributed by atoms with Crippen LogP contribution in [0, 0.1) is 0 Å². The molecule has 0 bridgehead atoms. The Labute approximate surface area is 92.6 Å². The van der Waals surface area contributed by atoms with Crippen molar-refractivity contribution in [1.29, 1.82) is 0 Å². The molecule has 0 aliphatic heterocycles. The molecule has 0 radical (unpaired) electrons. The van der Waals surface area contributed by atoms with Gasteiger partial charge in [0.05, 0.1) is 0 Å². The number of rotatable bonds is 2. The van der Waals surface area contributed by atoms with Gasteiger partial charge in [0.1, 0.15) is 0 Å². The van der Waals surface area contributed by atoms with Crippen LogP contribution in [0.4, 0.5) is 0 Å². The van der Waals surface area contributed by atoms with E-state index in [1.54, 1.807) is 0 Å². The second-order valence-electron chi connectivity index (χ2n) is 3.34. The molecule has 0 aromatic heterocycles. The normalized spacial score (nSPS) is 12.4. The van der Waals surface area contributed by atoms with E-state index in [1.165, 1.54) is 0 Å². The van der Waals surface area contributed by atoms with E-state index < -0.39 is 13.3 Å². The fourth-order valence-corrected chi connectivity index (χ4v) is 4.55. The molecule has 0 saturated heterocycles. The zero-order chi connectivity index (χ0) is 10.7. The summed E-state index contributed by atoms with van der Waals surface area (Å²) >= 11 is -2.65. The quantitative estimate of drug-likeness (QED) is 0.760. The Morgan fingerprint density at radius 1 is 0.600 bits per heavy atom. The monoisotopic (exact) mass is 266 g/mol. The molecule has 0 heterocycles. The molecule has 2 aromatic rings. The van der Waals surface area contributed by atoms with E-state index in [4.69, 9.17) is 9.50 Å². The molecule has 0 amide bonds. The van der Waals surface area contributed by atoms with E-state index in [0.29, 0.717) is 0 Å². The van der Waals surface area contributed by atoms with Crippen molar-refractivity contribution in [2.75, 3.05) is 0 Å². The van der Waals surface area contributed by atoms with Gasteiger partial charge in [-0.15, -0.1) is 0 Å². The molecule has 2 nitrogen and oxygen atoms in total. The van der Waals surface area contributed by atoms with Crippen molar-refractivity contribution < 1.29 is 0 Å². The van der Waals surface area contributed by atoms with Crippen LogP contribution in [-0.2, 0) is 0 Å². The summed E-state index contributed by atoms with van der Waals surface area (Å²) < 4.78 is 14.7. The van der Waals surface area contributed by atoms with Crippen molar-refractivity contribution >= 4 is 22.2 Å². The Morgan fingerprint density at radius 3 is 1.27 bits per heavy atom. The van der Waals surface area contributed by atoms with Crippen molar-refractivity contribution in [2.24, 2.45) is 9.50 Å². The molecule has 2 aromatic carbocycles. The average molecular weight is 265 g/mol. The van der Waals surface area contributed by atoms with Crippen molar-refractivity contribution in [3.8, 4) is 0 Å². The van der Waals surface area contributed by atoms with E-state index in [2.05, 4.69) is 0 Å². The minimum absolute atomic E-state index is 1.07. The van der Waals surface area contributed by atoms with Crippen LogP contribution in [0.1, 0.15) is 0 Å². The Hall–Kier alpha value is -1.12. The second-order valence-corrected chi connectivity index (χ2v) is 8.29. The first-order valence-corrected chi connectivity index (χ1v) is 8.39. The van der Waals surface area contributed by atoms with Gasteiger partial charge < -0.3 is 0 Å². The van der Waals surface area contributed by atoms with Crippen LogP contribution in [0.2, 0.25) is 0 Å². The number of nitrogens with two attached hydrogens (primary N) is 2. The van der Waals surface area contributed by atoms with Gasteiger partial charge in [-0.1, -0.05) is 0 Å². The molecule has 78 valence electrons.